The molecule has 2 aromatic rings. The topological polar surface area (TPSA) is 75.0 Å². The van der Waals surface area contributed by atoms with Crippen LogP contribution in [0.2, 0.25) is 0 Å². The van der Waals surface area contributed by atoms with E-state index in [2.05, 4.69) is 10.2 Å². The molecule has 31 heavy (non-hydrogen) atoms. The molecule has 166 valence electrons. The summed E-state index contributed by atoms with van der Waals surface area (Å²) in [6, 6.07) is 12.8. The standard InChI is InChI=1S/C24H31N3O4/c1-18-10-11-21(31-18)20(26-13-15-30-16-14-26)17-25-24(29)23(19-7-3-2-4-8-19)27-12-6-5-9-22(27)28/h2-4,7-8,10-11,20,23H,5-6,9,12-17H2,1H3,(H,25,29). The minimum atomic E-state index is -0.613. The van der Waals surface area contributed by atoms with E-state index in [-0.39, 0.29) is 17.9 Å². The van der Waals surface area contributed by atoms with Crippen molar-refractivity contribution in [2.45, 2.75) is 38.3 Å². The molecular formula is C24H31N3O4. The average Bonchev–Trinajstić information content (AvgIpc) is 3.23. The molecule has 1 N–H and O–H groups in total. The first-order valence-corrected chi connectivity index (χ1v) is 11.1. The molecule has 2 aliphatic rings. The van der Waals surface area contributed by atoms with E-state index in [1.807, 2.05) is 49.4 Å². The molecule has 1 aromatic heterocycles. The molecule has 4 rings (SSSR count). The molecule has 1 aromatic carbocycles. The Hall–Kier alpha value is -2.64. The Labute approximate surface area is 183 Å². The maximum absolute atomic E-state index is 13.4. The minimum absolute atomic E-state index is 0.0432. The number of ether oxygens (including phenoxy) is 1. The van der Waals surface area contributed by atoms with Gasteiger partial charge in [0.05, 0.1) is 19.3 Å². The Morgan fingerprint density at radius 1 is 1.06 bits per heavy atom. The first-order chi connectivity index (χ1) is 15.1. The number of hydrogen-bond donors (Lipinski definition) is 1. The quantitative estimate of drug-likeness (QED) is 0.738. The second-order valence-electron chi connectivity index (χ2n) is 8.22. The van der Waals surface area contributed by atoms with E-state index < -0.39 is 6.04 Å². The lowest BCUT2D eigenvalue weighted by Gasteiger charge is -2.36. The van der Waals surface area contributed by atoms with Crippen molar-refractivity contribution in [2.75, 3.05) is 39.4 Å². The van der Waals surface area contributed by atoms with Gasteiger partial charge < -0.3 is 19.4 Å². The molecular weight excluding hydrogens is 394 g/mol. The van der Waals surface area contributed by atoms with E-state index in [1.165, 1.54) is 0 Å². The minimum Gasteiger partial charge on any atom is -0.465 e. The van der Waals surface area contributed by atoms with Crippen molar-refractivity contribution >= 4 is 11.8 Å². The third-order valence-electron chi connectivity index (χ3n) is 6.08. The number of likely N-dealkylation sites (tertiary alicyclic amines) is 1. The number of aryl methyl sites for hydroxylation is 1. The highest BCUT2D eigenvalue weighted by atomic mass is 16.5. The van der Waals surface area contributed by atoms with Gasteiger partial charge in [0.1, 0.15) is 17.6 Å². The molecule has 2 atom stereocenters. The van der Waals surface area contributed by atoms with Crippen molar-refractivity contribution in [1.82, 2.24) is 15.1 Å². The molecule has 2 fully saturated rings. The first-order valence-electron chi connectivity index (χ1n) is 11.1. The summed E-state index contributed by atoms with van der Waals surface area (Å²) in [6.45, 7) is 5.84. The Morgan fingerprint density at radius 2 is 1.84 bits per heavy atom. The second-order valence-corrected chi connectivity index (χ2v) is 8.22. The lowest BCUT2D eigenvalue weighted by atomic mass is 10.00. The highest BCUT2D eigenvalue weighted by Crippen LogP contribution is 2.27. The number of morpholine rings is 1. The van der Waals surface area contributed by atoms with Gasteiger partial charge >= 0.3 is 0 Å². The predicted molar refractivity (Wildman–Crippen MR) is 116 cm³/mol. The second kappa shape index (κ2) is 10.1. The maximum Gasteiger partial charge on any atom is 0.247 e. The number of piperidine rings is 1. The number of carbonyl (C=O) groups is 2. The molecule has 0 bridgehead atoms. The molecule has 0 saturated carbocycles. The monoisotopic (exact) mass is 425 g/mol. The SMILES string of the molecule is Cc1ccc(C(CNC(=O)C(c2ccccc2)N2CCCCC2=O)N2CCOCC2)o1. The van der Waals surface area contributed by atoms with E-state index >= 15 is 0 Å². The zero-order chi connectivity index (χ0) is 21.6. The zero-order valence-corrected chi connectivity index (χ0v) is 18.1. The van der Waals surface area contributed by atoms with Crippen LogP contribution in [0.5, 0.6) is 0 Å². The summed E-state index contributed by atoms with van der Waals surface area (Å²) in [4.78, 5) is 30.1. The van der Waals surface area contributed by atoms with Crippen LogP contribution in [0, 0.1) is 6.92 Å². The summed E-state index contributed by atoms with van der Waals surface area (Å²) in [7, 11) is 0. The van der Waals surface area contributed by atoms with Gasteiger partial charge in [0.2, 0.25) is 11.8 Å². The van der Waals surface area contributed by atoms with Gasteiger partial charge in [0, 0.05) is 32.6 Å². The van der Waals surface area contributed by atoms with E-state index in [1.54, 1.807) is 4.90 Å². The van der Waals surface area contributed by atoms with Crippen LogP contribution in [0.4, 0.5) is 0 Å². The van der Waals surface area contributed by atoms with Crippen LogP contribution >= 0.6 is 0 Å². The van der Waals surface area contributed by atoms with Crippen molar-refractivity contribution < 1.29 is 18.7 Å². The molecule has 7 heteroatoms. The normalized spacial score (nSPS) is 19.8. The van der Waals surface area contributed by atoms with Gasteiger partial charge in [-0.15, -0.1) is 0 Å². The van der Waals surface area contributed by atoms with Crippen LogP contribution in [-0.4, -0.2) is 61.0 Å². The molecule has 3 heterocycles. The Balaban J connectivity index is 1.53. The third-order valence-corrected chi connectivity index (χ3v) is 6.08. The van der Waals surface area contributed by atoms with Gasteiger partial charge in [-0.2, -0.15) is 0 Å². The van der Waals surface area contributed by atoms with Gasteiger partial charge in [-0.25, -0.2) is 0 Å². The van der Waals surface area contributed by atoms with Crippen LogP contribution < -0.4 is 5.32 Å². The third kappa shape index (κ3) is 5.17. The van der Waals surface area contributed by atoms with Gasteiger partial charge in [0.25, 0.3) is 0 Å². The summed E-state index contributed by atoms with van der Waals surface area (Å²) in [6.07, 6.45) is 2.30. The van der Waals surface area contributed by atoms with Crippen LogP contribution in [0.25, 0.3) is 0 Å². The van der Waals surface area contributed by atoms with E-state index in [0.29, 0.717) is 32.7 Å². The maximum atomic E-state index is 13.4. The van der Waals surface area contributed by atoms with E-state index in [4.69, 9.17) is 9.15 Å². The lowest BCUT2D eigenvalue weighted by Crippen LogP contribution is -2.48. The molecule has 2 aliphatic heterocycles. The number of rotatable bonds is 7. The smallest absolute Gasteiger partial charge is 0.247 e. The van der Waals surface area contributed by atoms with Crippen LogP contribution in [-0.2, 0) is 14.3 Å². The Kier molecular flexibility index (Phi) is 7.04. The van der Waals surface area contributed by atoms with Crippen LogP contribution in [0.15, 0.2) is 46.9 Å². The fraction of sp³-hybridized carbons (Fsp3) is 0.500. The number of carbonyl (C=O) groups excluding carboxylic acids is 2. The van der Waals surface area contributed by atoms with Gasteiger partial charge in [-0.3, -0.25) is 14.5 Å². The lowest BCUT2D eigenvalue weighted by molar-refractivity contribution is -0.142. The largest absolute Gasteiger partial charge is 0.465 e. The first kappa shape index (κ1) is 21.6. The fourth-order valence-corrected chi connectivity index (χ4v) is 4.43. The highest BCUT2D eigenvalue weighted by molar-refractivity contribution is 5.89. The number of nitrogens with zero attached hydrogens (tertiary/aromatic N) is 2. The summed E-state index contributed by atoms with van der Waals surface area (Å²) in [5.74, 6) is 1.58. The van der Waals surface area contributed by atoms with Crippen molar-refractivity contribution in [3.63, 3.8) is 0 Å². The van der Waals surface area contributed by atoms with Crippen LogP contribution in [0.1, 0.15) is 48.4 Å². The summed E-state index contributed by atoms with van der Waals surface area (Å²) in [5.41, 5.74) is 0.840. The number of nitrogens with one attached hydrogen (secondary N) is 1. The number of hydrogen-bond acceptors (Lipinski definition) is 5. The number of furan rings is 1. The predicted octanol–water partition coefficient (Wildman–Crippen LogP) is 2.83. The summed E-state index contributed by atoms with van der Waals surface area (Å²) < 4.78 is 11.4. The van der Waals surface area contributed by atoms with Crippen molar-refractivity contribution in [3.8, 4) is 0 Å². The number of amides is 2. The molecule has 2 saturated heterocycles. The molecule has 0 radical (unpaired) electrons. The van der Waals surface area contributed by atoms with E-state index in [9.17, 15) is 9.59 Å². The van der Waals surface area contributed by atoms with Gasteiger partial charge in [-0.1, -0.05) is 30.3 Å². The van der Waals surface area contributed by atoms with Crippen molar-refractivity contribution in [2.24, 2.45) is 0 Å². The molecule has 7 nitrogen and oxygen atoms in total. The van der Waals surface area contributed by atoms with Crippen molar-refractivity contribution in [3.05, 3.63) is 59.5 Å². The highest BCUT2D eigenvalue weighted by Gasteiger charge is 2.34. The fourth-order valence-electron chi connectivity index (χ4n) is 4.43. The Bertz CT molecular complexity index is 876. The molecule has 0 spiro atoms. The molecule has 2 amide bonds. The van der Waals surface area contributed by atoms with Gasteiger partial charge in [-0.05, 0) is 37.5 Å². The summed E-state index contributed by atoms with van der Waals surface area (Å²) >= 11 is 0. The Morgan fingerprint density at radius 3 is 2.52 bits per heavy atom. The van der Waals surface area contributed by atoms with Gasteiger partial charge in [0.15, 0.2) is 0 Å². The average molecular weight is 426 g/mol. The molecule has 2 unspecified atom stereocenters. The summed E-state index contributed by atoms with van der Waals surface area (Å²) in [5, 5.41) is 3.13. The van der Waals surface area contributed by atoms with Crippen LogP contribution in [0.3, 0.4) is 0 Å². The van der Waals surface area contributed by atoms with Crippen molar-refractivity contribution in [1.29, 1.82) is 0 Å². The number of benzene rings is 1. The van der Waals surface area contributed by atoms with E-state index in [0.717, 1.165) is 43.0 Å². The molecule has 0 aliphatic carbocycles. The zero-order valence-electron chi connectivity index (χ0n) is 18.1.